The van der Waals surface area contributed by atoms with Gasteiger partial charge < -0.3 is 10.2 Å². The van der Waals surface area contributed by atoms with E-state index < -0.39 is 11.9 Å². The van der Waals surface area contributed by atoms with E-state index >= 15 is 0 Å². The summed E-state index contributed by atoms with van der Waals surface area (Å²) in [6.45, 7) is 1.64. The summed E-state index contributed by atoms with van der Waals surface area (Å²) in [7, 11) is 1.96. The second-order valence-corrected chi connectivity index (χ2v) is 3.34. The van der Waals surface area contributed by atoms with E-state index in [-0.39, 0.29) is 11.9 Å². The van der Waals surface area contributed by atoms with Gasteiger partial charge in [0.25, 0.3) is 0 Å². The highest BCUT2D eigenvalue weighted by Crippen LogP contribution is 2.02. The highest BCUT2D eigenvalue weighted by atomic mass is 35.5. The van der Waals surface area contributed by atoms with Gasteiger partial charge in [-0.3, -0.25) is 10.1 Å². The summed E-state index contributed by atoms with van der Waals surface area (Å²) in [6.07, 6.45) is 0. The maximum Gasteiger partial charge on any atom is 0.321 e. The fourth-order valence-electron chi connectivity index (χ4n) is 1.17. The van der Waals surface area contributed by atoms with Crippen molar-refractivity contribution in [1.29, 1.82) is 0 Å². The Hall–Kier alpha value is -0.810. The molecule has 5 nitrogen and oxygen atoms in total. The first-order valence-corrected chi connectivity index (χ1v) is 4.50. The maximum atomic E-state index is 11.0. The first-order chi connectivity index (χ1) is 6.11. The van der Waals surface area contributed by atoms with E-state index in [4.69, 9.17) is 11.6 Å². The van der Waals surface area contributed by atoms with Gasteiger partial charge in [0.2, 0.25) is 5.91 Å². The molecule has 1 aliphatic rings. The third-order valence-electron chi connectivity index (χ3n) is 1.77. The van der Waals surface area contributed by atoms with E-state index in [0.29, 0.717) is 0 Å². The van der Waals surface area contributed by atoms with Gasteiger partial charge in [0.05, 0.1) is 6.04 Å². The van der Waals surface area contributed by atoms with Crippen molar-refractivity contribution in [3.63, 3.8) is 0 Å². The minimum Gasteiger partial charge on any atom is -0.332 e. The second-order valence-electron chi connectivity index (χ2n) is 3.07. The monoisotopic (exact) mass is 205 g/mol. The van der Waals surface area contributed by atoms with Crippen LogP contribution in [0.5, 0.6) is 0 Å². The molecule has 0 radical (unpaired) electrons. The number of urea groups is 1. The Morgan fingerprint density at radius 2 is 2.15 bits per heavy atom. The molecule has 0 bridgehead atoms. The number of carbonyl (C=O) groups is 2. The Kier molecular flexibility index (Phi) is 3.50. The Morgan fingerprint density at radius 3 is 2.62 bits per heavy atom. The number of hydrogen-bond acceptors (Lipinski definition) is 3. The van der Waals surface area contributed by atoms with Crippen LogP contribution < -0.4 is 10.6 Å². The topological polar surface area (TPSA) is 61.4 Å². The van der Waals surface area contributed by atoms with Crippen LogP contribution in [0, 0.1) is 0 Å². The van der Waals surface area contributed by atoms with E-state index in [1.165, 1.54) is 0 Å². The van der Waals surface area contributed by atoms with Gasteiger partial charge in [0.1, 0.15) is 5.88 Å². The molecule has 0 aromatic rings. The molecule has 0 saturated carbocycles. The van der Waals surface area contributed by atoms with E-state index in [1.807, 2.05) is 7.05 Å². The van der Waals surface area contributed by atoms with Gasteiger partial charge in [-0.05, 0) is 7.05 Å². The second kappa shape index (κ2) is 4.43. The number of nitrogens with zero attached hydrogens (tertiary/aromatic N) is 1. The van der Waals surface area contributed by atoms with Crippen LogP contribution >= 0.6 is 11.6 Å². The van der Waals surface area contributed by atoms with Gasteiger partial charge in [-0.1, -0.05) is 0 Å². The molecule has 1 fully saturated rings. The number of halogens is 1. The highest BCUT2D eigenvalue weighted by molar-refractivity contribution is 6.28. The number of alkyl halides is 1. The van der Waals surface area contributed by atoms with Crippen LogP contribution in [0.15, 0.2) is 0 Å². The van der Waals surface area contributed by atoms with Gasteiger partial charge in [-0.25, -0.2) is 4.79 Å². The summed E-state index contributed by atoms with van der Waals surface area (Å²) in [6, 6.07) is -0.322. The predicted octanol–water partition coefficient (Wildman–Crippen LogP) is -0.635. The van der Waals surface area contributed by atoms with Crippen molar-refractivity contribution < 1.29 is 9.59 Å². The summed E-state index contributed by atoms with van der Waals surface area (Å²) in [5.41, 5.74) is 0. The lowest BCUT2D eigenvalue weighted by Gasteiger charge is -2.36. The number of amides is 3. The van der Waals surface area contributed by atoms with Crippen LogP contribution in [0.25, 0.3) is 0 Å². The van der Waals surface area contributed by atoms with E-state index in [2.05, 4.69) is 15.5 Å². The summed E-state index contributed by atoms with van der Waals surface area (Å²) < 4.78 is 0. The Balaban J connectivity index is 2.15. The molecule has 0 spiro atoms. The van der Waals surface area contributed by atoms with Gasteiger partial charge in [0.15, 0.2) is 0 Å². The first-order valence-electron chi connectivity index (χ1n) is 3.96. The number of rotatable bonds is 2. The van der Waals surface area contributed by atoms with Crippen molar-refractivity contribution in [2.24, 2.45) is 0 Å². The van der Waals surface area contributed by atoms with Crippen LogP contribution in [0.2, 0.25) is 0 Å². The number of carbonyl (C=O) groups excluding carboxylic acids is 2. The summed E-state index contributed by atoms with van der Waals surface area (Å²) >= 11 is 5.20. The molecule has 6 heteroatoms. The van der Waals surface area contributed by atoms with Crippen molar-refractivity contribution in [3.8, 4) is 0 Å². The van der Waals surface area contributed by atoms with Crippen molar-refractivity contribution in [2.75, 3.05) is 26.0 Å². The predicted molar refractivity (Wildman–Crippen MR) is 48.7 cm³/mol. The van der Waals surface area contributed by atoms with Gasteiger partial charge >= 0.3 is 6.03 Å². The Morgan fingerprint density at radius 1 is 1.54 bits per heavy atom. The highest BCUT2D eigenvalue weighted by Gasteiger charge is 2.24. The number of imide groups is 1. The summed E-state index contributed by atoms with van der Waals surface area (Å²) in [4.78, 5) is 23.7. The van der Waals surface area contributed by atoms with E-state index in [1.54, 1.807) is 0 Å². The molecular formula is C7H12ClN3O2. The van der Waals surface area contributed by atoms with Crippen molar-refractivity contribution in [2.45, 2.75) is 6.04 Å². The lowest BCUT2D eigenvalue weighted by Crippen LogP contribution is -2.59. The molecule has 0 aromatic heterocycles. The van der Waals surface area contributed by atoms with E-state index in [0.717, 1.165) is 13.1 Å². The molecule has 13 heavy (non-hydrogen) atoms. The Bertz CT molecular complexity index is 216. The fraction of sp³-hybridized carbons (Fsp3) is 0.714. The zero-order valence-electron chi connectivity index (χ0n) is 7.34. The zero-order chi connectivity index (χ0) is 9.84. The lowest BCUT2D eigenvalue weighted by atomic mass is 10.1. The SMILES string of the molecule is CN1CC(NC(=O)NC(=O)CCl)C1. The molecule has 1 aliphatic heterocycles. The Labute approximate surface area is 81.4 Å². The van der Waals surface area contributed by atoms with Crippen molar-refractivity contribution >= 4 is 23.5 Å². The fourth-order valence-corrected chi connectivity index (χ4v) is 1.24. The number of hydrogen-bond donors (Lipinski definition) is 2. The van der Waals surface area contributed by atoms with Crippen LogP contribution in [0.4, 0.5) is 4.79 Å². The molecule has 2 N–H and O–H groups in total. The van der Waals surface area contributed by atoms with Gasteiger partial charge in [0, 0.05) is 13.1 Å². The molecule has 1 rings (SSSR count). The van der Waals surface area contributed by atoms with Gasteiger partial charge in [-0.2, -0.15) is 0 Å². The number of likely N-dealkylation sites (N-methyl/N-ethyl adjacent to an activating group) is 1. The minimum absolute atomic E-state index is 0.146. The molecule has 1 heterocycles. The molecule has 0 aromatic carbocycles. The third-order valence-corrected chi connectivity index (χ3v) is 2.02. The largest absolute Gasteiger partial charge is 0.332 e. The third kappa shape index (κ3) is 3.20. The van der Waals surface area contributed by atoms with Crippen LogP contribution in [-0.2, 0) is 4.79 Å². The normalized spacial score (nSPS) is 17.7. The smallest absolute Gasteiger partial charge is 0.321 e. The van der Waals surface area contributed by atoms with E-state index in [9.17, 15) is 9.59 Å². The number of nitrogens with one attached hydrogen (secondary N) is 2. The molecular weight excluding hydrogens is 194 g/mol. The van der Waals surface area contributed by atoms with Crippen molar-refractivity contribution in [1.82, 2.24) is 15.5 Å². The minimum atomic E-state index is -0.480. The molecule has 0 aliphatic carbocycles. The quantitative estimate of drug-likeness (QED) is 0.590. The van der Waals surface area contributed by atoms with Crippen LogP contribution in [0.1, 0.15) is 0 Å². The molecule has 74 valence electrons. The number of likely N-dealkylation sites (tertiary alicyclic amines) is 1. The molecule has 1 saturated heterocycles. The molecule has 3 amide bonds. The zero-order valence-corrected chi connectivity index (χ0v) is 8.10. The summed E-state index contributed by atoms with van der Waals surface area (Å²) in [5, 5.41) is 4.74. The first kappa shape index (κ1) is 10.3. The van der Waals surface area contributed by atoms with Crippen molar-refractivity contribution in [3.05, 3.63) is 0 Å². The average molecular weight is 206 g/mol. The molecule has 0 unspecified atom stereocenters. The average Bonchev–Trinajstić information content (AvgIpc) is 2.01. The summed E-state index contributed by atoms with van der Waals surface area (Å²) in [5.74, 6) is -0.676. The molecule has 0 atom stereocenters. The van der Waals surface area contributed by atoms with Crippen LogP contribution in [0.3, 0.4) is 0 Å². The van der Waals surface area contributed by atoms with Gasteiger partial charge in [-0.15, -0.1) is 11.6 Å². The standard InChI is InChI=1S/C7H12ClN3O2/c1-11-3-5(4-11)9-7(13)10-6(12)2-8/h5H,2-4H2,1H3,(H2,9,10,12,13). The lowest BCUT2D eigenvalue weighted by molar-refractivity contribution is -0.117. The maximum absolute atomic E-state index is 11.0. The van der Waals surface area contributed by atoms with Crippen LogP contribution in [-0.4, -0.2) is 48.9 Å².